The summed E-state index contributed by atoms with van der Waals surface area (Å²) in [5.41, 5.74) is -0.209. The molecule has 0 spiro atoms. The van der Waals surface area contributed by atoms with Gasteiger partial charge in [0.05, 0.1) is 0 Å². The zero-order valence-corrected chi connectivity index (χ0v) is 6.42. The zero-order valence-electron chi connectivity index (χ0n) is 6.42. The smallest absolute Gasteiger partial charge is 0.305 e. The molecule has 1 heterocycles. The summed E-state index contributed by atoms with van der Waals surface area (Å²) in [5.74, 6) is 0.465. The second-order valence-electron chi connectivity index (χ2n) is 3.03. The molecule has 1 aromatic rings. The summed E-state index contributed by atoms with van der Waals surface area (Å²) >= 11 is 0. The summed E-state index contributed by atoms with van der Waals surface area (Å²) < 4.78 is 10.2. The van der Waals surface area contributed by atoms with Crippen LogP contribution in [0.3, 0.4) is 0 Å². The molecule has 3 heteroatoms. The highest BCUT2D eigenvalue weighted by molar-refractivity contribution is 4.96. The van der Waals surface area contributed by atoms with E-state index in [1.54, 1.807) is 6.20 Å². The number of hydrogen-bond donors (Lipinski definition) is 0. The van der Waals surface area contributed by atoms with Gasteiger partial charge in [-0.25, -0.2) is 4.98 Å². The molecule has 0 saturated heterocycles. The molecule has 0 aromatic carbocycles. The second-order valence-corrected chi connectivity index (χ2v) is 3.03. The number of hydrogen-bond acceptors (Lipinski definition) is 3. The largest absolute Gasteiger partial charge is 0.458 e. The van der Waals surface area contributed by atoms with Crippen LogP contribution in [0.25, 0.3) is 0 Å². The van der Waals surface area contributed by atoms with Crippen LogP contribution in [0, 0.1) is 0 Å². The van der Waals surface area contributed by atoms with Crippen LogP contribution in [0.2, 0.25) is 0 Å². The number of rotatable bonds is 1. The molecule has 0 unspecified atom stereocenters. The fourth-order valence-electron chi connectivity index (χ4n) is 0.556. The van der Waals surface area contributed by atoms with Crippen LogP contribution in [-0.4, -0.2) is 10.6 Å². The third-order valence-corrected chi connectivity index (χ3v) is 0.816. The first-order valence-corrected chi connectivity index (χ1v) is 3.15. The Hall–Kier alpha value is -0.990. The lowest BCUT2D eigenvalue weighted by Crippen LogP contribution is -2.22. The van der Waals surface area contributed by atoms with Gasteiger partial charge in [0.25, 0.3) is 0 Å². The maximum absolute atomic E-state index is 5.31. The van der Waals surface area contributed by atoms with Crippen LogP contribution in [0.5, 0.6) is 5.95 Å². The number of oxazole rings is 1. The minimum Gasteiger partial charge on any atom is -0.458 e. The Labute approximate surface area is 60.0 Å². The van der Waals surface area contributed by atoms with Gasteiger partial charge < -0.3 is 9.15 Å². The van der Waals surface area contributed by atoms with Crippen molar-refractivity contribution in [2.75, 3.05) is 0 Å². The molecule has 0 aliphatic carbocycles. The van der Waals surface area contributed by atoms with Gasteiger partial charge in [0.15, 0.2) is 6.39 Å². The molecule has 0 atom stereocenters. The molecule has 0 aliphatic rings. The quantitative estimate of drug-likeness (QED) is 0.598. The summed E-state index contributed by atoms with van der Waals surface area (Å²) in [6.45, 7) is 5.86. The average Bonchev–Trinajstić information content (AvgIpc) is 2.12. The summed E-state index contributed by atoms with van der Waals surface area (Å²) in [4.78, 5) is 3.71. The lowest BCUT2D eigenvalue weighted by Gasteiger charge is -2.17. The van der Waals surface area contributed by atoms with E-state index in [0.717, 1.165) is 0 Å². The normalized spacial score (nSPS) is 11.5. The van der Waals surface area contributed by atoms with Crippen LogP contribution in [-0.2, 0) is 0 Å². The van der Waals surface area contributed by atoms with Crippen molar-refractivity contribution in [1.82, 2.24) is 4.98 Å². The third kappa shape index (κ3) is 2.09. The Morgan fingerprint density at radius 2 is 2.20 bits per heavy atom. The van der Waals surface area contributed by atoms with Crippen molar-refractivity contribution < 1.29 is 9.15 Å². The predicted octanol–water partition coefficient (Wildman–Crippen LogP) is 1.85. The van der Waals surface area contributed by atoms with E-state index in [2.05, 4.69) is 4.98 Å². The number of nitrogens with zero attached hydrogens (tertiary/aromatic N) is 1. The van der Waals surface area contributed by atoms with Crippen molar-refractivity contribution in [2.45, 2.75) is 26.4 Å². The molecule has 0 saturated carbocycles. The standard InChI is InChI=1S/C7H11NO2/c1-7(2,3)10-6-4-8-5-9-6/h4-5H,1-3H3. The number of ether oxygens (including phenoxy) is 1. The summed E-state index contributed by atoms with van der Waals surface area (Å²) in [7, 11) is 0. The van der Waals surface area contributed by atoms with E-state index in [1.165, 1.54) is 6.39 Å². The van der Waals surface area contributed by atoms with Crippen LogP contribution in [0.1, 0.15) is 20.8 Å². The van der Waals surface area contributed by atoms with Crippen LogP contribution in [0.15, 0.2) is 17.0 Å². The van der Waals surface area contributed by atoms with Crippen molar-refractivity contribution >= 4 is 0 Å². The van der Waals surface area contributed by atoms with E-state index in [-0.39, 0.29) is 5.60 Å². The molecular weight excluding hydrogens is 130 g/mol. The minimum absolute atomic E-state index is 0.209. The van der Waals surface area contributed by atoms with Gasteiger partial charge in [-0.15, -0.1) is 0 Å². The molecule has 0 fully saturated rings. The van der Waals surface area contributed by atoms with E-state index >= 15 is 0 Å². The Kier molecular flexibility index (Phi) is 1.66. The van der Waals surface area contributed by atoms with E-state index in [1.807, 2.05) is 20.8 Å². The van der Waals surface area contributed by atoms with Gasteiger partial charge >= 0.3 is 5.95 Å². The summed E-state index contributed by atoms with van der Waals surface area (Å²) in [5, 5.41) is 0. The van der Waals surface area contributed by atoms with Crippen molar-refractivity contribution in [3.8, 4) is 5.95 Å². The SMILES string of the molecule is CC(C)(C)Oc1cnco1. The van der Waals surface area contributed by atoms with Gasteiger partial charge in [-0.2, -0.15) is 0 Å². The molecule has 10 heavy (non-hydrogen) atoms. The topological polar surface area (TPSA) is 35.3 Å². The first-order valence-electron chi connectivity index (χ1n) is 3.15. The van der Waals surface area contributed by atoms with Crippen LogP contribution >= 0.6 is 0 Å². The molecule has 0 amide bonds. The molecule has 0 N–H and O–H groups in total. The zero-order chi connectivity index (χ0) is 7.61. The molecule has 56 valence electrons. The van der Waals surface area contributed by atoms with Crippen molar-refractivity contribution in [3.63, 3.8) is 0 Å². The van der Waals surface area contributed by atoms with Crippen LogP contribution in [0.4, 0.5) is 0 Å². The number of aromatic nitrogens is 1. The third-order valence-electron chi connectivity index (χ3n) is 0.816. The van der Waals surface area contributed by atoms with Crippen molar-refractivity contribution in [2.24, 2.45) is 0 Å². The summed E-state index contributed by atoms with van der Waals surface area (Å²) in [6, 6.07) is 0. The second kappa shape index (κ2) is 2.33. The van der Waals surface area contributed by atoms with Crippen molar-refractivity contribution in [3.05, 3.63) is 12.6 Å². The fraction of sp³-hybridized carbons (Fsp3) is 0.571. The first kappa shape index (κ1) is 7.12. The van der Waals surface area contributed by atoms with Gasteiger partial charge in [-0.3, -0.25) is 0 Å². The van der Waals surface area contributed by atoms with E-state index in [4.69, 9.17) is 9.15 Å². The molecule has 0 bridgehead atoms. The monoisotopic (exact) mass is 141 g/mol. The average molecular weight is 141 g/mol. The Morgan fingerprint density at radius 1 is 1.50 bits per heavy atom. The highest BCUT2D eigenvalue weighted by atomic mass is 16.6. The lowest BCUT2D eigenvalue weighted by molar-refractivity contribution is 0.0952. The van der Waals surface area contributed by atoms with E-state index in [9.17, 15) is 0 Å². The van der Waals surface area contributed by atoms with E-state index < -0.39 is 0 Å². The molecular formula is C7H11NO2. The van der Waals surface area contributed by atoms with Crippen molar-refractivity contribution in [1.29, 1.82) is 0 Å². The molecule has 3 nitrogen and oxygen atoms in total. The van der Waals surface area contributed by atoms with Crippen LogP contribution < -0.4 is 4.74 Å². The lowest BCUT2D eigenvalue weighted by atomic mass is 10.2. The predicted molar refractivity (Wildman–Crippen MR) is 36.9 cm³/mol. The minimum atomic E-state index is -0.209. The van der Waals surface area contributed by atoms with Gasteiger partial charge in [0.1, 0.15) is 11.8 Å². The summed E-state index contributed by atoms with van der Waals surface area (Å²) in [6.07, 6.45) is 2.90. The van der Waals surface area contributed by atoms with E-state index in [0.29, 0.717) is 5.95 Å². The van der Waals surface area contributed by atoms with Gasteiger partial charge in [0, 0.05) is 0 Å². The Balaban J connectivity index is 2.57. The maximum Gasteiger partial charge on any atom is 0.305 e. The van der Waals surface area contributed by atoms with Gasteiger partial charge in [0.2, 0.25) is 0 Å². The highest BCUT2D eigenvalue weighted by Crippen LogP contribution is 2.15. The van der Waals surface area contributed by atoms with Gasteiger partial charge in [-0.1, -0.05) is 0 Å². The molecule has 0 aliphatic heterocycles. The highest BCUT2D eigenvalue weighted by Gasteiger charge is 2.12. The Bertz CT molecular complexity index is 186. The van der Waals surface area contributed by atoms with Gasteiger partial charge in [-0.05, 0) is 20.8 Å². The first-order chi connectivity index (χ1) is 4.58. The maximum atomic E-state index is 5.31. The molecule has 1 rings (SSSR count). The molecule has 1 aromatic heterocycles. The fourth-order valence-corrected chi connectivity index (χ4v) is 0.556. The molecule has 0 radical (unpaired) electrons. The Morgan fingerprint density at radius 3 is 2.60 bits per heavy atom.